The van der Waals surface area contributed by atoms with E-state index in [0.29, 0.717) is 43.7 Å². The number of rotatable bonds is 20. The molecule has 0 aliphatic heterocycles. The molecule has 4 atom stereocenters. The van der Waals surface area contributed by atoms with Crippen molar-refractivity contribution >= 4 is 53.1 Å². The van der Waals surface area contributed by atoms with Crippen molar-refractivity contribution in [1.29, 1.82) is 0 Å². The molecule has 0 aliphatic rings. The van der Waals surface area contributed by atoms with Crippen LogP contribution in [0, 0.1) is 0 Å². The van der Waals surface area contributed by atoms with E-state index in [-0.39, 0.29) is 19.3 Å². The van der Waals surface area contributed by atoms with Gasteiger partial charge in [0.25, 0.3) is 0 Å². The summed E-state index contributed by atoms with van der Waals surface area (Å²) < 4.78 is 0. The van der Waals surface area contributed by atoms with Crippen LogP contribution in [-0.4, -0.2) is 89.4 Å². The molecule has 12 nitrogen and oxygen atoms in total. The molecule has 0 spiro atoms. The Morgan fingerprint density at radius 1 is 0.771 bits per heavy atom. The van der Waals surface area contributed by atoms with E-state index in [1.165, 1.54) is 11.8 Å². The van der Waals surface area contributed by atoms with Crippen molar-refractivity contribution < 1.29 is 29.1 Å². The summed E-state index contributed by atoms with van der Waals surface area (Å²) in [6.07, 6.45) is 5.54. The second-order valence-electron chi connectivity index (χ2n) is 7.98. The smallest absolute Gasteiger partial charge is 0.326 e. The van der Waals surface area contributed by atoms with Gasteiger partial charge in [0.2, 0.25) is 23.6 Å². The van der Waals surface area contributed by atoms with E-state index in [0.717, 1.165) is 0 Å². The molecule has 0 radical (unpaired) electrons. The molecule has 35 heavy (non-hydrogen) atoms. The summed E-state index contributed by atoms with van der Waals surface area (Å²) in [6.45, 7) is 0.427. The number of hydrogen-bond donors (Lipinski definition) is 7. The normalized spacial score (nSPS) is 14.3. The SMILES string of the molecule is CSCCC(N)C(=O)NC(CCCCN)C(=O)NC(CCSC)C(=O)NC(CCC(N)=O)C(=O)O. The first kappa shape index (κ1) is 33.0. The summed E-state index contributed by atoms with van der Waals surface area (Å²) in [6, 6.07) is -4.07. The highest BCUT2D eigenvalue weighted by atomic mass is 32.2. The zero-order valence-electron chi connectivity index (χ0n) is 20.4. The van der Waals surface area contributed by atoms with E-state index >= 15 is 0 Å². The van der Waals surface area contributed by atoms with Crippen LogP contribution in [0.3, 0.4) is 0 Å². The highest BCUT2D eigenvalue weighted by molar-refractivity contribution is 7.98. The van der Waals surface area contributed by atoms with Crippen molar-refractivity contribution in [3.05, 3.63) is 0 Å². The zero-order valence-corrected chi connectivity index (χ0v) is 22.1. The van der Waals surface area contributed by atoms with E-state index in [1.54, 1.807) is 11.8 Å². The summed E-state index contributed by atoms with van der Waals surface area (Å²) in [7, 11) is 0. The van der Waals surface area contributed by atoms with Gasteiger partial charge in [-0.1, -0.05) is 0 Å². The number of amides is 4. The Labute approximate surface area is 215 Å². The third-order valence-corrected chi connectivity index (χ3v) is 6.38. The number of unbranched alkanes of at least 4 members (excludes halogenated alkanes) is 1. The molecule has 14 heteroatoms. The Hall–Kier alpha value is -2.03. The maximum atomic E-state index is 13.1. The number of hydrogen-bond acceptors (Lipinski definition) is 9. The second kappa shape index (κ2) is 19.2. The molecule has 0 bridgehead atoms. The van der Waals surface area contributed by atoms with Crippen LogP contribution in [0.4, 0.5) is 0 Å². The minimum Gasteiger partial charge on any atom is -0.480 e. The minimum atomic E-state index is -1.34. The number of thioether (sulfide) groups is 2. The fourth-order valence-electron chi connectivity index (χ4n) is 3.01. The third kappa shape index (κ3) is 14.9. The van der Waals surface area contributed by atoms with Crippen LogP contribution in [-0.2, 0) is 24.0 Å². The van der Waals surface area contributed by atoms with Gasteiger partial charge < -0.3 is 38.3 Å². The molecule has 0 aromatic rings. The van der Waals surface area contributed by atoms with Crippen LogP contribution < -0.4 is 33.2 Å². The summed E-state index contributed by atoms with van der Waals surface area (Å²) in [4.78, 5) is 60.9. The van der Waals surface area contributed by atoms with Crippen molar-refractivity contribution in [3.8, 4) is 0 Å². The highest BCUT2D eigenvalue weighted by Crippen LogP contribution is 2.08. The molecule has 0 aliphatic carbocycles. The first-order valence-electron chi connectivity index (χ1n) is 11.4. The monoisotopic (exact) mass is 536 g/mol. The summed E-state index contributed by atoms with van der Waals surface area (Å²) >= 11 is 3.00. The molecule has 0 fully saturated rings. The van der Waals surface area contributed by atoms with Gasteiger partial charge in [0.05, 0.1) is 6.04 Å². The van der Waals surface area contributed by atoms with Crippen LogP contribution in [0.15, 0.2) is 0 Å². The number of carboxylic acid groups (broad SMARTS) is 1. The van der Waals surface area contributed by atoms with Crippen LogP contribution in [0.25, 0.3) is 0 Å². The van der Waals surface area contributed by atoms with Gasteiger partial charge in [0.1, 0.15) is 18.1 Å². The molecule has 0 saturated carbocycles. The Balaban J connectivity index is 5.43. The molecule has 0 rings (SSSR count). The van der Waals surface area contributed by atoms with Crippen LogP contribution in [0.2, 0.25) is 0 Å². The van der Waals surface area contributed by atoms with E-state index in [1.807, 2.05) is 12.5 Å². The molecule has 0 aromatic heterocycles. The van der Waals surface area contributed by atoms with E-state index in [4.69, 9.17) is 17.2 Å². The molecular formula is C21H40N6O6S2. The lowest BCUT2D eigenvalue weighted by Crippen LogP contribution is -2.57. The molecule has 202 valence electrons. The second-order valence-corrected chi connectivity index (χ2v) is 9.95. The summed E-state index contributed by atoms with van der Waals surface area (Å²) in [5, 5.41) is 17.0. The van der Waals surface area contributed by atoms with Gasteiger partial charge in [0.15, 0.2) is 0 Å². The number of aliphatic carboxylic acids is 1. The van der Waals surface area contributed by atoms with Gasteiger partial charge in [-0.15, -0.1) is 0 Å². The Morgan fingerprint density at radius 2 is 1.29 bits per heavy atom. The topological polar surface area (TPSA) is 220 Å². The van der Waals surface area contributed by atoms with E-state index < -0.39 is 53.8 Å². The fourth-order valence-corrected chi connectivity index (χ4v) is 3.97. The molecule has 10 N–H and O–H groups in total. The standard InChI is InChI=1S/C21H40N6O6S2/c1-34-11-8-13(23)18(29)25-14(5-3-4-10-22)19(30)26-15(9-12-35-2)20(31)27-16(21(32)33)6-7-17(24)28/h13-16H,3-12,22-23H2,1-2H3,(H2,24,28)(H,25,29)(H,26,30)(H,27,31)(H,32,33). The number of nitrogens with one attached hydrogen (secondary N) is 3. The van der Waals surface area contributed by atoms with Crippen molar-refractivity contribution in [2.75, 3.05) is 30.6 Å². The van der Waals surface area contributed by atoms with Crippen molar-refractivity contribution in [1.82, 2.24) is 16.0 Å². The van der Waals surface area contributed by atoms with Gasteiger partial charge in [0, 0.05) is 6.42 Å². The Bertz CT molecular complexity index is 699. The van der Waals surface area contributed by atoms with Gasteiger partial charge in [-0.2, -0.15) is 23.5 Å². The van der Waals surface area contributed by atoms with Gasteiger partial charge >= 0.3 is 5.97 Å². The zero-order chi connectivity index (χ0) is 26.8. The third-order valence-electron chi connectivity index (χ3n) is 5.09. The number of primary amides is 1. The first-order chi connectivity index (χ1) is 16.6. The van der Waals surface area contributed by atoms with Crippen molar-refractivity contribution in [2.45, 2.75) is 69.1 Å². The van der Waals surface area contributed by atoms with E-state index in [9.17, 15) is 29.1 Å². The van der Waals surface area contributed by atoms with Crippen LogP contribution >= 0.6 is 23.5 Å². The fraction of sp³-hybridized carbons (Fsp3) is 0.762. The molecule has 4 amide bonds. The van der Waals surface area contributed by atoms with Crippen LogP contribution in [0.5, 0.6) is 0 Å². The first-order valence-corrected chi connectivity index (χ1v) is 14.2. The number of carbonyl (C=O) groups excluding carboxylic acids is 4. The lowest BCUT2D eigenvalue weighted by Gasteiger charge is -2.25. The average molecular weight is 537 g/mol. The minimum absolute atomic E-state index is 0.175. The van der Waals surface area contributed by atoms with Gasteiger partial charge in [-0.25, -0.2) is 4.79 Å². The summed E-state index contributed by atoms with van der Waals surface area (Å²) in [5.41, 5.74) is 16.5. The van der Waals surface area contributed by atoms with Gasteiger partial charge in [-0.05, 0) is 69.1 Å². The molecule has 0 saturated heterocycles. The number of carboxylic acids is 1. The Kier molecular flexibility index (Phi) is 18.1. The molecular weight excluding hydrogens is 496 g/mol. The van der Waals surface area contributed by atoms with Crippen LogP contribution in [0.1, 0.15) is 44.9 Å². The molecule has 0 heterocycles. The molecule has 4 unspecified atom stereocenters. The maximum absolute atomic E-state index is 13.1. The highest BCUT2D eigenvalue weighted by Gasteiger charge is 2.30. The predicted molar refractivity (Wildman–Crippen MR) is 139 cm³/mol. The lowest BCUT2D eigenvalue weighted by molar-refractivity contribution is -0.142. The Morgan fingerprint density at radius 3 is 1.80 bits per heavy atom. The quantitative estimate of drug-likeness (QED) is 0.0916. The summed E-state index contributed by atoms with van der Waals surface area (Å²) in [5.74, 6) is -2.54. The van der Waals surface area contributed by atoms with Crippen molar-refractivity contribution in [3.63, 3.8) is 0 Å². The molecule has 0 aromatic carbocycles. The van der Waals surface area contributed by atoms with E-state index in [2.05, 4.69) is 16.0 Å². The average Bonchev–Trinajstić information content (AvgIpc) is 2.81. The van der Waals surface area contributed by atoms with Crippen molar-refractivity contribution in [2.24, 2.45) is 17.2 Å². The maximum Gasteiger partial charge on any atom is 0.326 e. The lowest BCUT2D eigenvalue weighted by atomic mass is 10.1. The number of nitrogens with two attached hydrogens (primary N) is 3. The van der Waals surface area contributed by atoms with Gasteiger partial charge in [-0.3, -0.25) is 19.2 Å². The number of carbonyl (C=O) groups is 5. The largest absolute Gasteiger partial charge is 0.480 e. The predicted octanol–water partition coefficient (Wildman–Crippen LogP) is -1.25.